The van der Waals surface area contributed by atoms with E-state index in [9.17, 15) is 19.7 Å². The SMILES string of the molecule is CC(=C(NC(=O)c1ccccc1)C(=O)NC1CCCCC1)c1cccc([N+](=O)[O-])c1. The summed E-state index contributed by atoms with van der Waals surface area (Å²) in [5, 5.41) is 16.9. The summed E-state index contributed by atoms with van der Waals surface area (Å²) in [6, 6.07) is 14.7. The molecule has 0 radical (unpaired) electrons. The molecule has 0 atom stereocenters. The summed E-state index contributed by atoms with van der Waals surface area (Å²) in [6.45, 7) is 1.68. The molecule has 1 aliphatic carbocycles. The summed E-state index contributed by atoms with van der Waals surface area (Å²) in [4.78, 5) is 36.5. The van der Waals surface area contributed by atoms with Crippen LogP contribution in [0, 0.1) is 10.1 Å². The van der Waals surface area contributed by atoms with Crippen molar-refractivity contribution in [3.8, 4) is 0 Å². The monoisotopic (exact) mass is 407 g/mol. The standard InChI is InChI=1S/C23H25N3O4/c1-16(18-11-8-14-20(15-18)26(29)30)21(23(28)24-19-12-6-3-7-13-19)25-22(27)17-9-4-2-5-10-17/h2,4-5,8-11,14-15,19H,3,6-7,12-13H2,1H3,(H,24,28)(H,25,27). The fourth-order valence-corrected chi connectivity index (χ4v) is 3.60. The Balaban J connectivity index is 1.93. The van der Waals surface area contributed by atoms with Crippen LogP contribution in [-0.4, -0.2) is 22.8 Å². The Morgan fingerprint density at radius 2 is 1.63 bits per heavy atom. The molecule has 7 nitrogen and oxygen atoms in total. The van der Waals surface area contributed by atoms with Crippen LogP contribution in [0.4, 0.5) is 5.69 Å². The number of nitro benzene ring substituents is 1. The van der Waals surface area contributed by atoms with Crippen molar-refractivity contribution in [1.82, 2.24) is 10.6 Å². The molecule has 30 heavy (non-hydrogen) atoms. The maximum Gasteiger partial charge on any atom is 0.270 e. The Kier molecular flexibility index (Phi) is 6.95. The molecule has 0 spiro atoms. The quantitative estimate of drug-likeness (QED) is 0.425. The predicted octanol–water partition coefficient (Wildman–Crippen LogP) is 4.20. The Morgan fingerprint density at radius 3 is 2.30 bits per heavy atom. The first-order valence-corrected chi connectivity index (χ1v) is 10.1. The zero-order valence-electron chi connectivity index (χ0n) is 16.9. The summed E-state index contributed by atoms with van der Waals surface area (Å²) < 4.78 is 0. The third-order valence-corrected chi connectivity index (χ3v) is 5.31. The van der Waals surface area contributed by atoms with E-state index in [1.54, 1.807) is 49.4 Å². The van der Waals surface area contributed by atoms with Gasteiger partial charge in [0.2, 0.25) is 0 Å². The van der Waals surface area contributed by atoms with Crippen LogP contribution >= 0.6 is 0 Å². The highest BCUT2D eigenvalue weighted by Crippen LogP contribution is 2.23. The van der Waals surface area contributed by atoms with Crippen molar-refractivity contribution in [2.75, 3.05) is 0 Å². The fraction of sp³-hybridized carbons (Fsp3) is 0.304. The van der Waals surface area contributed by atoms with Crippen molar-refractivity contribution in [2.24, 2.45) is 0 Å². The van der Waals surface area contributed by atoms with Crippen LogP contribution in [0.1, 0.15) is 54.9 Å². The van der Waals surface area contributed by atoms with Crippen LogP contribution in [0.25, 0.3) is 5.57 Å². The van der Waals surface area contributed by atoms with Crippen LogP contribution in [-0.2, 0) is 4.79 Å². The van der Waals surface area contributed by atoms with E-state index in [1.165, 1.54) is 12.1 Å². The summed E-state index contributed by atoms with van der Waals surface area (Å²) in [5.41, 5.74) is 1.43. The van der Waals surface area contributed by atoms with Gasteiger partial charge in [0.05, 0.1) is 4.92 Å². The number of carbonyl (C=O) groups excluding carboxylic acids is 2. The van der Waals surface area contributed by atoms with E-state index in [1.807, 2.05) is 0 Å². The number of nitrogens with one attached hydrogen (secondary N) is 2. The summed E-state index contributed by atoms with van der Waals surface area (Å²) in [6.07, 6.45) is 5.09. The van der Waals surface area contributed by atoms with Gasteiger partial charge in [-0.3, -0.25) is 19.7 Å². The van der Waals surface area contributed by atoms with Crippen molar-refractivity contribution in [2.45, 2.75) is 45.1 Å². The Morgan fingerprint density at radius 1 is 0.967 bits per heavy atom. The number of allylic oxidation sites excluding steroid dienone is 1. The molecule has 1 aliphatic rings. The fourth-order valence-electron chi connectivity index (χ4n) is 3.60. The van der Waals surface area contributed by atoms with Gasteiger partial charge in [-0.15, -0.1) is 0 Å². The van der Waals surface area contributed by atoms with Crippen molar-refractivity contribution in [3.63, 3.8) is 0 Å². The van der Waals surface area contributed by atoms with E-state index < -0.39 is 10.8 Å². The molecule has 2 aromatic carbocycles. The number of carbonyl (C=O) groups is 2. The van der Waals surface area contributed by atoms with Gasteiger partial charge in [0.1, 0.15) is 5.70 Å². The lowest BCUT2D eigenvalue weighted by Crippen LogP contribution is -2.41. The lowest BCUT2D eigenvalue weighted by atomic mass is 9.95. The molecule has 0 aliphatic heterocycles. The van der Waals surface area contributed by atoms with E-state index in [0.29, 0.717) is 16.7 Å². The van der Waals surface area contributed by atoms with Crippen molar-refractivity contribution >= 4 is 23.1 Å². The first kappa shape index (κ1) is 21.2. The summed E-state index contributed by atoms with van der Waals surface area (Å²) in [5.74, 6) is -0.788. The highest BCUT2D eigenvalue weighted by atomic mass is 16.6. The van der Waals surface area contributed by atoms with E-state index in [-0.39, 0.29) is 23.3 Å². The van der Waals surface area contributed by atoms with E-state index in [2.05, 4.69) is 10.6 Å². The van der Waals surface area contributed by atoms with E-state index >= 15 is 0 Å². The maximum absolute atomic E-state index is 13.1. The van der Waals surface area contributed by atoms with E-state index in [0.717, 1.165) is 32.1 Å². The Bertz CT molecular complexity index is 963. The van der Waals surface area contributed by atoms with Crippen molar-refractivity contribution in [1.29, 1.82) is 0 Å². The highest BCUT2D eigenvalue weighted by molar-refractivity contribution is 6.07. The topological polar surface area (TPSA) is 101 Å². The molecule has 3 rings (SSSR count). The number of non-ortho nitro benzene ring substituents is 1. The maximum atomic E-state index is 13.1. The van der Waals surface area contributed by atoms with E-state index in [4.69, 9.17) is 0 Å². The van der Waals surface area contributed by atoms with Gasteiger partial charge in [-0.25, -0.2) is 0 Å². The van der Waals surface area contributed by atoms with Gasteiger partial charge in [-0.1, -0.05) is 49.6 Å². The third kappa shape index (κ3) is 5.31. The highest BCUT2D eigenvalue weighted by Gasteiger charge is 2.22. The van der Waals surface area contributed by atoms with Gasteiger partial charge in [0.15, 0.2) is 0 Å². The van der Waals surface area contributed by atoms with Gasteiger partial charge in [0, 0.05) is 23.7 Å². The minimum Gasteiger partial charge on any atom is -0.348 e. The third-order valence-electron chi connectivity index (χ3n) is 5.31. The molecule has 0 saturated heterocycles. The second kappa shape index (κ2) is 9.82. The molecule has 7 heteroatoms. The molecule has 156 valence electrons. The molecule has 1 fully saturated rings. The Labute approximate surface area is 175 Å². The zero-order chi connectivity index (χ0) is 21.5. The first-order chi connectivity index (χ1) is 14.5. The van der Waals surface area contributed by atoms with Crippen LogP contribution in [0.15, 0.2) is 60.3 Å². The van der Waals surface area contributed by atoms with Crippen LogP contribution in [0.3, 0.4) is 0 Å². The molecular weight excluding hydrogens is 382 g/mol. The molecule has 1 saturated carbocycles. The minimum absolute atomic E-state index is 0.0628. The van der Waals surface area contributed by atoms with Gasteiger partial charge < -0.3 is 10.6 Å². The largest absolute Gasteiger partial charge is 0.348 e. The summed E-state index contributed by atoms with van der Waals surface area (Å²) >= 11 is 0. The minimum atomic E-state index is -0.485. The molecule has 2 amide bonds. The van der Waals surface area contributed by atoms with Crippen LogP contribution < -0.4 is 10.6 Å². The van der Waals surface area contributed by atoms with Gasteiger partial charge in [-0.05, 0) is 43.0 Å². The molecule has 0 unspecified atom stereocenters. The van der Waals surface area contributed by atoms with Crippen LogP contribution in [0.2, 0.25) is 0 Å². The molecule has 2 N–H and O–H groups in total. The number of nitrogens with zero attached hydrogens (tertiary/aromatic N) is 1. The molecule has 0 bridgehead atoms. The number of benzene rings is 2. The van der Waals surface area contributed by atoms with Gasteiger partial charge in [0.25, 0.3) is 17.5 Å². The molecular formula is C23H25N3O4. The first-order valence-electron chi connectivity index (χ1n) is 10.1. The second-order valence-electron chi connectivity index (χ2n) is 7.44. The lowest BCUT2D eigenvalue weighted by molar-refractivity contribution is -0.384. The zero-order valence-corrected chi connectivity index (χ0v) is 16.9. The Hall–Kier alpha value is -3.48. The van der Waals surface area contributed by atoms with Crippen molar-refractivity contribution < 1.29 is 14.5 Å². The molecule has 0 heterocycles. The summed E-state index contributed by atoms with van der Waals surface area (Å²) in [7, 11) is 0. The predicted molar refractivity (Wildman–Crippen MR) is 115 cm³/mol. The van der Waals surface area contributed by atoms with Gasteiger partial charge >= 0.3 is 0 Å². The van der Waals surface area contributed by atoms with Crippen LogP contribution in [0.5, 0.6) is 0 Å². The molecule has 0 aromatic heterocycles. The number of nitro groups is 1. The number of hydrogen-bond acceptors (Lipinski definition) is 4. The average molecular weight is 407 g/mol. The number of amides is 2. The number of rotatable bonds is 6. The van der Waals surface area contributed by atoms with Crippen molar-refractivity contribution in [3.05, 3.63) is 81.5 Å². The second-order valence-corrected chi connectivity index (χ2v) is 7.44. The normalized spacial score (nSPS) is 15.1. The number of hydrogen-bond donors (Lipinski definition) is 2. The smallest absolute Gasteiger partial charge is 0.270 e. The molecule has 2 aromatic rings. The lowest BCUT2D eigenvalue weighted by Gasteiger charge is -2.24. The van der Waals surface area contributed by atoms with Gasteiger partial charge in [-0.2, -0.15) is 0 Å². The average Bonchev–Trinajstić information content (AvgIpc) is 2.78.